The van der Waals surface area contributed by atoms with E-state index >= 15 is 0 Å². The second kappa shape index (κ2) is 9.62. The summed E-state index contributed by atoms with van der Waals surface area (Å²) in [5, 5.41) is 20.3. The summed E-state index contributed by atoms with van der Waals surface area (Å²) in [4.78, 5) is 28.0. The zero-order chi connectivity index (χ0) is 26.3. The number of aryl methyl sites for hydroxylation is 1. The van der Waals surface area contributed by atoms with E-state index in [-0.39, 0.29) is 22.0 Å². The number of nitrogens with zero attached hydrogens (tertiary/aromatic N) is 3. The Hall–Kier alpha value is -4.32. The number of aliphatic hydroxyl groups is 1. The van der Waals surface area contributed by atoms with E-state index in [1.54, 1.807) is 37.3 Å². The molecule has 3 aromatic rings. The molecule has 3 heterocycles. The molecule has 12 heteroatoms. The lowest BCUT2D eigenvalue weighted by Gasteiger charge is -2.24. The fourth-order valence-corrected chi connectivity index (χ4v) is 5.05. The van der Waals surface area contributed by atoms with Crippen molar-refractivity contribution >= 4 is 33.9 Å². The Bertz CT molecular complexity index is 1410. The number of carbonyl (C=O) groups is 2. The number of aromatic nitrogens is 2. The standard InChI is InChI=1S/C25H23N3O8S/c1-12-26-27-25(37-12)28-20(14-10-17(32-2)23(34-4)18(11-14)33-3)19(22(30)24(28)31)21(29)13-5-6-15-16(9-13)36-8-7-35-15/h5-6,9-11,20,29H,7-8H2,1-4H3/t20-/m0/s1. The Kier molecular flexibility index (Phi) is 6.34. The summed E-state index contributed by atoms with van der Waals surface area (Å²) < 4.78 is 27.6. The van der Waals surface area contributed by atoms with E-state index in [2.05, 4.69) is 10.2 Å². The lowest BCUT2D eigenvalue weighted by Crippen LogP contribution is -2.29. The molecule has 2 aliphatic heterocycles. The van der Waals surface area contributed by atoms with Crippen LogP contribution in [0.25, 0.3) is 5.76 Å². The highest BCUT2D eigenvalue weighted by molar-refractivity contribution is 7.15. The summed E-state index contributed by atoms with van der Waals surface area (Å²) in [6, 6.07) is 6.98. The minimum absolute atomic E-state index is 0.135. The first-order valence-corrected chi connectivity index (χ1v) is 12.0. The van der Waals surface area contributed by atoms with Gasteiger partial charge in [0.1, 0.15) is 24.0 Å². The first-order valence-electron chi connectivity index (χ1n) is 11.2. The summed E-state index contributed by atoms with van der Waals surface area (Å²) in [6.45, 7) is 2.50. The molecular formula is C25H23N3O8S. The molecule has 0 unspecified atom stereocenters. The van der Waals surface area contributed by atoms with Crippen LogP contribution in [0.2, 0.25) is 0 Å². The molecule has 1 aromatic heterocycles. The van der Waals surface area contributed by atoms with Crippen molar-refractivity contribution in [2.75, 3.05) is 39.4 Å². The number of amides is 1. The fraction of sp³-hybridized carbons (Fsp3) is 0.280. The van der Waals surface area contributed by atoms with Gasteiger partial charge in [-0.05, 0) is 42.8 Å². The van der Waals surface area contributed by atoms with Gasteiger partial charge in [0.25, 0.3) is 5.78 Å². The number of benzene rings is 2. The molecule has 2 aromatic carbocycles. The van der Waals surface area contributed by atoms with Gasteiger partial charge in [-0.3, -0.25) is 14.5 Å². The molecule has 0 saturated carbocycles. The summed E-state index contributed by atoms with van der Waals surface area (Å²) in [6.07, 6.45) is 0. The third kappa shape index (κ3) is 4.08. The predicted molar refractivity (Wildman–Crippen MR) is 133 cm³/mol. The van der Waals surface area contributed by atoms with Crippen molar-refractivity contribution in [3.05, 3.63) is 52.0 Å². The lowest BCUT2D eigenvalue weighted by molar-refractivity contribution is -0.132. The van der Waals surface area contributed by atoms with Crippen LogP contribution in [0.4, 0.5) is 5.13 Å². The molecule has 37 heavy (non-hydrogen) atoms. The van der Waals surface area contributed by atoms with E-state index in [4.69, 9.17) is 23.7 Å². The number of aliphatic hydroxyl groups excluding tert-OH is 1. The van der Waals surface area contributed by atoms with E-state index in [0.717, 1.165) is 11.3 Å². The Morgan fingerprint density at radius 1 is 1.00 bits per heavy atom. The van der Waals surface area contributed by atoms with Gasteiger partial charge in [0, 0.05) is 5.56 Å². The van der Waals surface area contributed by atoms with Crippen LogP contribution < -0.4 is 28.6 Å². The summed E-state index contributed by atoms with van der Waals surface area (Å²) >= 11 is 1.15. The quantitative estimate of drug-likeness (QED) is 0.291. The monoisotopic (exact) mass is 525 g/mol. The van der Waals surface area contributed by atoms with E-state index in [1.807, 2.05) is 0 Å². The molecule has 11 nitrogen and oxygen atoms in total. The third-order valence-corrected chi connectivity index (χ3v) is 6.82. The van der Waals surface area contributed by atoms with Crippen LogP contribution in [0.1, 0.15) is 22.2 Å². The van der Waals surface area contributed by atoms with Gasteiger partial charge in [0.05, 0.1) is 32.9 Å². The third-order valence-electron chi connectivity index (χ3n) is 5.98. The highest BCUT2D eigenvalue weighted by Gasteiger charge is 2.49. The first-order chi connectivity index (χ1) is 17.9. The average Bonchev–Trinajstić information content (AvgIpc) is 3.46. The van der Waals surface area contributed by atoms with Crippen molar-refractivity contribution in [1.29, 1.82) is 0 Å². The van der Waals surface area contributed by atoms with Crippen LogP contribution in [0.5, 0.6) is 28.7 Å². The van der Waals surface area contributed by atoms with Crippen molar-refractivity contribution in [2.45, 2.75) is 13.0 Å². The van der Waals surface area contributed by atoms with Crippen molar-refractivity contribution < 1.29 is 38.4 Å². The van der Waals surface area contributed by atoms with Gasteiger partial charge in [-0.25, -0.2) is 0 Å². The molecule has 1 N–H and O–H groups in total. The number of hydrogen-bond acceptors (Lipinski definition) is 11. The molecule has 0 bridgehead atoms. The van der Waals surface area contributed by atoms with Gasteiger partial charge in [0.2, 0.25) is 10.9 Å². The molecule has 1 atom stereocenters. The van der Waals surface area contributed by atoms with Crippen molar-refractivity contribution in [1.82, 2.24) is 10.2 Å². The molecule has 2 aliphatic rings. The highest BCUT2D eigenvalue weighted by atomic mass is 32.1. The smallest absolute Gasteiger partial charge is 0.301 e. The number of carbonyl (C=O) groups excluding carboxylic acids is 2. The molecule has 5 rings (SSSR count). The average molecular weight is 526 g/mol. The van der Waals surface area contributed by atoms with Gasteiger partial charge in [0.15, 0.2) is 23.0 Å². The summed E-state index contributed by atoms with van der Waals surface area (Å²) in [5.74, 6) is -0.192. The first kappa shape index (κ1) is 24.4. The van der Waals surface area contributed by atoms with Gasteiger partial charge < -0.3 is 28.8 Å². The van der Waals surface area contributed by atoms with Crippen LogP contribution in [-0.2, 0) is 9.59 Å². The SMILES string of the molecule is COc1cc([C@H]2C(=C(O)c3ccc4c(c3)OCCO4)C(=O)C(=O)N2c2nnc(C)s2)cc(OC)c1OC. The summed E-state index contributed by atoms with van der Waals surface area (Å²) in [5.41, 5.74) is 0.581. The zero-order valence-corrected chi connectivity index (χ0v) is 21.2. The van der Waals surface area contributed by atoms with Crippen LogP contribution in [-0.4, -0.2) is 61.5 Å². The van der Waals surface area contributed by atoms with Crippen LogP contribution in [0.15, 0.2) is 35.9 Å². The molecule has 0 aliphatic carbocycles. The zero-order valence-electron chi connectivity index (χ0n) is 20.4. The molecule has 1 fully saturated rings. The number of ether oxygens (including phenoxy) is 5. The largest absolute Gasteiger partial charge is 0.507 e. The molecule has 0 radical (unpaired) electrons. The van der Waals surface area contributed by atoms with Gasteiger partial charge in [-0.15, -0.1) is 10.2 Å². The highest BCUT2D eigenvalue weighted by Crippen LogP contribution is 2.48. The normalized spacial score (nSPS) is 18.2. The number of rotatable bonds is 6. The van der Waals surface area contributed by atoms with E-state index in [1.165, 1.54) is 26.2 Å². The molecule has 1 amide bonds. The number of ketones is 1. The maximum absolute atomic E-state index is 13.4. The Morgan fingerprint density at radius 2 is 1.68 bits per heavy atom. The second-order valence-corrected chi connectivity index (χ2v) is 9.25. The number of anilines is 1. The Balaban J connectivity index is 1.74. The Morgan fingerprint density at radius 3 is 2.27 bits per heavy atom. The van der Waals surface area contributed by atoms with E-state index in [0.29, 0.717) is 52.5 Å². The summed E-state index contributed by atoms with van der Waals surface area (Å²) in [7, 11) is 4.39. The number of methoxy groups -OCH3 is 3. The van der Waals surface area contributed by atoms with Crippen LogP contribution >= 0.6 is 11.3 Å². The van der Waals surface area contributed by atoms with E-state index < -0.39 is 17.7 Å². The van der Waals surface area contributed by atoms with Gasteiger partial charge >= 0.3 is 5.91 Å². The number of hydrogen-bond donors (Lipinski definition) is 1. The fourth-order valence-electron chi connectivity index (χ4n) is 4.33. The molecule has 0 spiro atoms. The number of fused-ring (bicyclic) bond motifs is 1. The Labute approximate surface area is 215 Å². The second-order valence-electron chi connectivity index (χ2n) is 8.09. The minimum Gasteiger partial charge on any atom is -0.507 e. The van der Waals surface area contributed by atoms with Crippen molar-refractivity contribution in [3.63, 3.8) is 0 Å². The van der Waals surface area contributed by atoms with E-state index in [9.17, 15) is 14.7 Å². The van der Waals surface area contributed by atoms with Crippen molar-refractivity contribution in [2.24, 2.45) is 0 Å². The topological polar surface area (TPSA) is 130 Å². The lowest BCUT2D eigenvalue weighted by atomic mass is 9.94. The minimum atomic E-state index is -1.06. The predicted octanol–water partition coefficient (Wildman–Crippen LogP) is 3.27. The van der Waals surface area contributed by atoms with Crippen LogP contribution in [0.3, 0.4) is 0 Å². The molecule has 1 saturated heterocycles. The maximum atomic E-state index is 13.4. The van der Waals surface area contributed by atoms with Gasteiger partial charge in [-0.1, -0.05) is 11.3 Å². The van der Waals surface area contributed by atoms with Gasteiger partial charge in [-0.2, -0.15) is 0 Å². The van der Waals surface area contributed by atoms with Crippen LogP contribution in [0, 0.1) is 6.92 Å². The molecule has 192 valence electrons. The van der Waals surface area contributed by atoms with Crippen molar-refractivity contribution in [3.8, 4) is 28.7 Å². The maximum Gasteiger partial charge on any atom is 0.301 e. The molecular weight excluding hydrogens is 502 g/mol. The number of Topliss-reactive ketones (excluding diaryl/α,β-unsaturated/α-hetero) is 1.